The first-order valence-electron chi connectivity index (χ1n) is 6.48. The Bertz CT molecular complexity index is 610. The van der Waals surface area contributed by atoms with Gasteiger partial charge >= 0.3 is 0 Å². The molecule has 1 heterocycles. The largest absolute Gasteiger partial charge is 0.389 e. The van der Waals surface area contributed by atoms with Crippen LogP contribution in [0.3, 0.4) is 0 Å². The molecule has 0 radical (unpaired) electrons. The number of imide groups is 1. The molecule has 2 amide bonds. The number of hydrogen-bond donors (Lipinski definition) is 1. The lowest BCUT2D eigenvalue weighted by Gasteiger charge is -2.19. The molecule has 1 aliphatic heterocycles. The first-order valence-corrected chi connectivity index (χ1v) is 7.68. The average molecular weight is 353 g/mol. The van der Waals surface area contributed by atoms with Gasteiger partial charge in [0, 0.05) is 10.0 Å². The van der Waals surface area contributed by atoms with Gasteiger partial charge in [-0.15, -0.1) is 0 Å². The van der Waals surface area contributed by atoms with E-state index >= 15 is 0 Å². The lowest BCUT2D eigenvalue weighted by molar-refractivity contribution is -0.122. The molecule has 2 aliphatic rings. The summed E-state index contributed by atoms with van der Waals surface area (Å²) in [6, 6.07) is 5.24. The fraction of sp³-hybridized carbons (Fsp3) is 0.357. The number of fused-ring (bicyclic) bond motifs is 1. The quantitative estimate of drug-likeness (QED) is 0.655. The van der Waals surface area contributed by atoms with Crippen LogP contribution >= 0.6 is 28.1 Å². The number of thiocarbonyl (C=S) groups is 1. The zero-order valence-electron chi connectivity index (χ0n) is 10.6. The first kappa shape index (κ1) is 13.7. The minimum Gasteiger partial charge on any atom is -0.389 e. The third kappa shape index (κ3) is 1.98. The minimum absolute atomic E-state index is 0.114. The van der Waals surface area contributed by atoms with Gasteiger partial charge in [-0.2, -0.15) is 0 Å². The monoisotopic (exact) mass is 352 g/mol. The molecular weight excluding hydrogens is 340 g/mol. The van der Waals surface area contributed by atoms with Crippen LogP contribution < -0.4 is 10.6 Å². The van der Waals surface area contributed by atoms with Crippen molar-refractivity contribution in [2.24, 2.45) is 17.6 Å². The predicted molar refractivity (Wildman–Crippen MR) is 83.4 cm³/mol. The molecule has 0 aromatic heterocycles. The molecule has 2 fully saturated rings. The molecule has 1 aliphatic carbocycles. The summed E-state index contributed by atoms with van der Waals surface area (Å²) in [5.41, 5.74) is 6.78. The van der Waals surface area contributed by atoms with Crippen molar-refractivity contribution >= 4 is 50.6 Å². The van der Waals surface area contributed by atoms with Gasteiger partial charge in [-0.1, -0.05) is 34.6 Å². The molecule has 1 aromatic carbocycles. The predicted octanol–water partition coefficient (Wildman–Crippen LogP) is 2.37. The van der Waals surface area contributed by atoms with E-state index in [0.717, 1.165) is 23.7 Å². The Labute approximate surface area is 130 Å². The second kappa shape index (κ2) is 4.93. The normalized spacial score (nSPS) is 25.1. The molecule has 4 nitrogen and oxygen atoms in total. The summed E-state index contributed by atoms with van der Waals surface area (Å²) in [6.07, 6.45) is 2.54. The molecule has 0 bridgehead atoms. The van der Waals surface area contributed by atoms with Crippen LogP contribution in [0.15, 0.2) is 22.7 Å². The Morgan fingerprint density at radius 3 is 2.40 bits per heavy atom. The molecular formula is C14H13BrN2O2S. The van der Waals surface area contributed by atoms with Gasteiger partial charge in [-0.25, -0.2) is 4.90 Å². The average Bonchev–Trinajstić information content (AvgIpc) is 2.96. The first-order chi connectivity index (χ1) is 9.50. The number of nitrogens with two attached hydrogens (primary N) is 1. The molecule has 2 atom stereocenters. The van der Waals surface area contributed by atoms with E-state index in [1.54, 1.807) is 18.2 Å². The highest BCUT2D eigenvalue weighted by Gasteiger charge is 2.50. The van der Waals surface area contributed by atoms with Crippen molar-refractivity contribution < 1.29 is 9.59 Å². The van der Waals surface area contributed by atoms with E-state index < -0.39 is 0 Å². The molecule has 2 unspecified atom stereocenters. The van der Waals surface area contributed by atoms with E-state index in [4.69, 9.17) is 18.0 Å². The molecule has 2 N–H and O–H groups in total. The van der Waals surface area contributed by atoms with Gasteiger partial charge in [-0.3, -0.25) is 9.59 Å². The molecule has 6 heteroatoms. The Morgan fingerprint density at radius 2 is 1.85 bits per heavy atom. The van der Waals surface area contributed by atoms with Crippen LogP contribution in [0.25, 0.3) is 0 Å². The second-order valence-corrected chi connectivity index (χ2v) is 6.54. The third-order valence-corrected chi connectivity index (χ3v) is 4.77. The summed E-state index contributed by atoms with van der Waals surface area (Å²) in [5.74, 6) is -0.551. The topological polar surface area (TPSA) is 63.4 Å². The van der Waals surface area contributed by atoms with E-state index in [1.165, 1.54) is 4.90 Å². The maximum absolute atomic E-state index is 12.5. The minimum atomic E-state index is -0.162. The number of rotatable bonds is 2. The van der Waals surface area contributed by atoms with Crippen molar-refractivity contribution in [3.63, 3.8) is 0 Å². The van der Waals surface area contributed by atoms with Gasteiger partial charge in [0.15, 0.2) is 0 Å². The molecule has 1 saturated heterocycles. The molecule has 0 spiro atoms. The van der Waals surface area contributed by atoms with E-state index in [0.29, 0.717) is 11.3 Å². The lowest BCUT2D eigenvalue weighted by Crippen LogP contribution is -2.33. The van der Waals surface area contributed by atoms with E-state index in [9.17, 15) is 9.59 Å². The van der Waals surface area contributed by atoms with Crippen LogP contribution in [0.2, 0.25) is 0 Å². The van der Waals surface area contributed by atoms with E-state index in [2.05, 4.69) is 15.9 Å². The van der Waals surface area contributed by atoms with Crippen LogP contribution in [-0.4, -0.2) is 16.8 Å². The maximum atomic E-state index is 12.5. The number of nitrogens with zero attached hydrogens (tertiary/aromatic N) is 1. The van der Waals surface area contributed by atoms with Crippen LogP contribution in [-0.2, 0) is 9.59 Å². The highest BCUT2D eigenvalue weighted by atomic mass is 79.9. The van der Waals surface area contributed by atoms with Crippen molar-refractivity contribution in [3.05, 3.63) is 28.2 Å². The van der Waals surface area contributed by atoms with Crippen LogP contribution in [0.5, 0.6) is 0 Å². The Kier molecular flexibility index (Phi) is 3.38. The SMILES string of the molecule is NC(=S)c1cc(Br)ccc1N1C(=O)C2CCCC2C1=O. The zero-order chi connectivity index (χ0) is 14.4. The summed E-state index contributed by atoms with van der Waals surface area (Å²) < 4.78 is 0.809. The fourth-order valence-electron chi connectivity index (χ4n) is 3.13. The van der Waals surface area contributed by atoms with Crippen molar-refractivity contribution in [1.29, 1.82) is 0 Å². The number of amides is 2. The Morgan fingerprint density at radius 1 is 1.25 bits per heavy atom. The summed E-state index contributed by atoms with van der Waals surface area (Å²) in [4.78, 5) is 26.4. The Balaban J connectivity index is 2.08. The summed E-state index contributed by atoms with van der Waals surface area (Å²) >= 11 is 8.38. The van der Waals surface area contributed by atoms with Gasteiger partial charge in [0.2, 0.25) is 11.8 Å². The number of halogens is 1. The fourth-order valence-corrected chi connectivity index (χ4v) is 3.65. The highest BCUT2D eigenvalue weighted by Crippen LogP contribution is 2.42. The smallest absolute Gasteiger partial charge is 0.237 e. The van der Waals surface area contributed by atoms with Crippen LogP contribution in [0, 0.1) is 11.8 Å². The number of hydrogen-bond acceptors (Lipinski definition) is 3. The maximum Gasteiger partial charge on any atom is 0.237 e. The lowest BCUT2D eigenvalue weighted by atomic mass is 10.00. The third-order valence-electron chi connectivity index (χ3n) is 4.06. The number of benzene rings is 1. The standard InChI is InChI=1S/C14H13BrN2O2S/c15-7-4-5-11(10(6-7)12(16)20)17-13(18)8-2-1-3-9(8)14(17)19/h4-6,8-9H,1-3H2,(H2,16,20). The molecule has 104 valence electrons. The van der Waals surface area contributed by atoms with E-state index in [-0.39, 0.29) is 28.6 Å². The molecule has 1 aromatic rings. The van der Waals surface area contributed by atoms with Crippen molar-refractivity contribution in [3.8, 4) is 0 Å². The van der Waals surface area contributed by atoms with E-state index in [1.807, 2.05) is 0 Å². The van der Waals surface area contributed by atoms with Gasteiger partial charge < -0.3 is 5.73 Å². The zero-order valence-corrected chi connectivity index (χ0v) is 13.0. The highest BCUT2D eigenvalue weighted by molar-refractivity contribution is 9.10. The van der Waals surface area contributed by atoms with Crippen molar-refractivity contribution in [2.45, 2.75) is 19.3 Å². The number of carbonyl (C=O) groups is 2. The Hall–Kier alpha value is -1.27. The summed E-state index contributed by atoms with van der Waals surface area (Å²) in [5, 5.41) is 0. The second-order valence-electron chi connectivity index (χ2n) is 5.18. The van der Waals surface area contributed by atoms with Gasteiger partial charge in [0.05, 0.1) is 17.5 Å². The van der Waals surface area contributed by atoms with Crippen molar-refractivity contribution in [1.82, 2.24) is 0 Å². The summed E-state index contributed by atoms with van der Waals surface area (Å²) in [6.45, 7) is 0. The molecule has 20 heavy (non-hydrogen) atoms. The number of carbonyl (C=O) groups excluding carboxylic acids is 2. The van der Waals surface area contributed by atoms with Gasteiger partial charge in [0.25, 0.3) is 0 Å². The molecule has 3 rings (SSSR count). The van der Waals surface area contributed by atoms with Gasteiger partial charge in [0.1, 0.15) is 4.99 Å². The van der Waals surface area contributed by atoms with Crippen LogP contribution in [0.4, 0.5) is 5.69 Å². The molecule has 1 saturated carbocycles. The number of anilines is 1. The van der Waals surface area contributed by atoms with Crippen LogP contribution in [0.1, 0.15) is 24.8 Å². The van der Waals surface area contributed by atoms with Gasteiger partial charge in [-0.05, 0) is 31.0 Å². The summed E-state index contributed by atoms with van der Waals surface area (Å²) in [7, 11) is 0. The van der Waals surface area contributed by atoms with Crippen molar-refractivity contribution in [2.75, 3.05) is 4.90 Å².